The lowest BCUT2D eigenvalue weighted by Gasteiger charge is -2.31. The largest absolute Gasteiger partial charge is 0.455 e. The maximum absolute atomic E-state index is 6.28. The first-order valence-electron chi connectivity index (χ1n) is 9.93. The van der Waals surface area contributed by atoms with E-state index in [4.69, 9.17) is 4.74 Å². The van der Waals surface area contributed by atoms with Crippen molar-refractivity contribution < 1.29 is 4.74 Å². The van der Waals surface area contributed by atoms with Gasteiger partial charge in [-0.1, -0.05) is 60.7 Å². The highest BCUT2D eigenvalue weighted by Crippen LogP contribution is 2.70. The molecule has 1 unspecified atom stereocenters. The van der Waals surface area contributed by atoms with Crippen LogP contribution in [0.1, 0.15) is 20.8 Å². The molecule has 4 aromatic rings. The van der Waals surface area contributed by atoms with E-state index in [1.54, 1.807) is 0 Å². The van der Waals surface area contributed by atoms with Crippen molar-refractivity contribution in [3.8, 4) is 16.9 Å². The summed E-state index contributed by atoms with van der Waals surface area (Å²) in [7, 11) is -1.48. The lowest BCUT2D eigenvalue weighted by Crippen LogP contribution is -2.28. The summed E-state index contributed by atoms with van der Waals surface area (Å²) in [5.41, 5.74) is 2.71. The van der Waals surface area contributed by atoms with Crippen molar-refractivity contribution in [1.29, 1.82) is 0 Å². The number of rotatable bonds is 1. The van der Waals surface area contributed by atoms with E-state index in [2.05, 4.69) is 100 Å². The monoisotopic (exact) mass is 385 g/mol. The fourth-order valence-corrected chi connectivity index (χ4v) is 7.37. The summed E-state index contributed by atoms with van der Waals surface area (Å²) in [6, 6.07) is 26.5. The molecule has 0 bridgehead atoms. The van der Waals surface area contributed by atoms with Gasteiger partial charge in [0.1, 0.15) is 5.30 Å². The van der Waals surface area contributed by atoms with Gasteiger partial charge < -0.3 is 4.74 Å². The van der Waals surface area contributed by atoms with E-state index in [9.17, 15) is 0 Å². The van der Waals surface area contributed by atoms with Crippen LogP contribution in [0.15, 0.2) is 72.8 Å². The maximum atomic E-state index is 6.28. The zero-order valence-electron chi connectivity index (χ0n) is 17.0. The molecule has 0 saturated carbocycles. The van der Waals surface area contributed by atoms with Gasteiger partial charge in [-0.05, 0) is 54.4 Å². The van der Waals surface area contributed by atoms with E-state index in [0.717, 1.165) is 12.1 Å². The lowest BCUT2D eigenvalue weighted by molar-refractivity contribution is 0.398. The first kappa shape index (κ1) is 17.7. The van der Waals surface area contributed by atoms with E-state index in [-0.39, 0.29) is 5.16 Å². The van der Waals surface area contributed by atoms with Gasteiger partial charge in [-0.3, -0.25) is 0 Å². The van der Waals surface area contributed by atoms with Crippen LogP contribution in [0.2, 0.25) is 0 Å². The van der Waals surface area contributed by atoms with Gasteiger partial charge in [-0.2, -0.15) is 0 Å². The summed E-state index contributed by atoms with van der Waals surface area (Å²) >= 11 is 0. The summed E-state index contributed by atoms with van der Waals surface area (Å²) in [4.78, 5) is 0. The topological polar surface area (TPSA) is 9.23 Å². The van der Waals surface area contributed by atoms with Crippen LogP contribution in [0, 0.1) is 0 Å². The van der Waals surface area contributed by atoms with E-state index < -0.39 is 7.26 Å². The molecular formula is C26H26OP+. The Balaban J connectivity index is 1.95. The molecule has 5 rings (SSSR count). The molecule has 2 heteroatoms. The summed E-state index contributed by atoms with van der Waals surface area (Å²) in [6.45, 7) is 9.58. The van der Waals surface area contributed by atoms with Crippen LogP contribution in [0.3, 0.4) is 0 Å². The van der Waals surface area contributed by atoms with Crippen LogP contribution in [-0.2, 0) is 0 Å². The quantitative estimate of drug-likeness (QED) is 0.251. The Morgan fingerprint density at radius 1 is 0.786 bits per heavy atom. The summed E-state index contributed by atoms with van der Waals surface area (Å²) in [6.07, 6.45) is 0.839. The van der Waals surface area contributed by atoms with Crippen LogP contribution in [0.4, 0.5) is 0 Å². The molecule has 0 saturated heterocycles. The van der Waals surface area contributed by atoms with Crippen LogP contribution in [0.25, 0.3) is 32.7 Å². The third-order valence-corrected chi connectivity index (χ3v) is 11.5. The Hall–Kier alpha value is -2.37. The average Bonchev–Trinajstić information content (AvgIpc) is 3.05. The zero-order valence-corrected chi connectivity index (χ0v) is 17.9. The van der Waals surface area contributed by atoms with E-state index in [1.807, 2.05) is 0 Å². The van der Waals surface area contributed by atoms with Gasteiger partial charge in [0, 0.05) is 11.1 Å². The lowest BCUT2D eigenvalue weighted by atomic mass is 9.92. The Morgan fingerprint density at radius 2 is 1.39 bits per heavy atom. The van der Waals surface area contributed by atoms with E-state index in [1.165, 1.54) is 38.0 Å². The standard InChI is InChI=1S/C26H26OP/c1-26(2,3)28(4)17-27-23-15-9-14-22(25(23)28)24-20-12-7-5-10-18(20)16-19-11-6-8-13-21(19)24/h5-16H,17H2,1-4H3/q+1. The molecule has 0 aliphatic carbocycles. The number of fused-ring (bicyclic) bond motifs is 3. The minimum Gasteiger partial charge on any atom is -0.455 e. The molecule has 1 heterocycles. The normalized spacial score (nSPS) is 19.0. The SMILES string of the molecule is CC(C)(C)[P+]1(C)COc2cccc(-c3c4ccccc4cc4ccccc34)c21. The first-order chi connectivity index (χ1) is 13.4. The van der Waals surface area contributed by atoms with Gasteiger partial charge in [0.2, 0.25) is 6.35 Å². The van der Waals surface area contributed by atoms with E-state index in [0.29, 0.717) is 0 Å². The smallest absolute Gasteiger partial charge is 0.201 e. The molecule has 140 valence electrons. The zero-order chi connectivity index (χ0) is 19.5. The van der Waals surface area contributed by atoms with Crippen molar-refractivity contribution in [3.05, 3.63) is 72.8 Å². The molecule has 0 amide bonds. The van der Waals surface area contributed by atoms with Crippen LogP contribution in [0.5, 0.6) is 5.75 Å². The molecule has 0 fully saturated rings. The highest BCUT2D eigenvalue weighted by atomic mass is 31.2. The summed E-state index contributed by atoms with van der Waals surface area (Å²) < 4.78 is 6.28. The number of hydrogen-bond acceptors (Lipinski definition) is 1. The second-order valence-corrected chi connectivity index (χ2v) is 13.4. The highest BCUT2D eigenvalue weighted by Gasteiger charge is 2.54. The molecule has 1 nitrogen and oxygen atoms in total. The molecule has 1 atom stereocenters. The molecule has 28 heavy (non-hydrogen) atoms. The molecule has 0 aromatic heterocycles. The van der Waals surface area contributed by atoms with Crippen LogP contribution >= 0.6 is 7.26 Å². The van der Waals surface area contributed by atoms with E-state index >= 15 is 0 Å². The molecular weight excluding hydrogens is 359 g/mol. The summed E-state index contributed by atoms with van der Waals surface area (Å²) in [5, 5.41) is 6.90. The van der Waals surface area contributed by atoms with Gasteiger partial charge in [-0.15, -0.1) is 0 Å². The third-order valence-electron chi connectivity index (χ3n) is 6.49. The highest BCUT2D eigenvalue weighted by molar-refractivity contribution is 7.84. The van der Waals surface area contributed by atoms with Crippen molar-refractivity contribution in [1.82, 2.24) is 0 Å². The van der Waals surface area contributed by atoms with Gasteiger partial charge in [-0.25, -0.2) is 0 Å². The fraction of sp³-hybridized carbons (Fsp3) is 0.231. The molecule has 1 aliphatic rings. The molecule has 1 aliphatic heterocycles. The van der Waals surface area contributed by atoms with Gasteiger partial charge in [0.15, 0.2) is 5.75 Å². The average molecular weight is 385 g/mol. The Labute approximate surface area is 167 Å². The maximum Gasteiger partial charge on any atom is 0.201 e. The van der Waals surface area contributed by atoms with Gasteiger partial charge >= 0.3 is 0 Å². The first-order valence-corrected chi connectivity index (χ1v) is 12.4. The van der Waals surface area contributed by atoms with Crippen molar-refractivity contribution >= 4 is 34.1 Å². The second kappa shape index (κ2) is 6.06. The molecule has 0 radical (unpaired) electrons. The third kappa shape index (κ3) is 2.43. The number of benzene rings is 4. The predicted molar refractivity (Wildman–Crippen MR) is 125 cm³/mol. The van der Waals surface area contributed by atoms with Crippen molar-refractivity contribution in [2.45, 2.75) is 25.9 Å². The minimum absolute atomic E-state index is 0.203. The van der Waals surface area contributed by atoms with Crippen LogP contribution < -0.4 is 10.0 Å². The number of hydrogen-bond donors (Lipinski definition) is 0. The van der Waals surface area contributed by atoms with Gasteiger partial charge in [0.05, 0.1) is 19.1 Å². The number of ether oxygens (including phenoxy) is 1. The van der Waals surface area contributed by atoms with Crippen molar-refractivity contribution in [3.63, 3.8) is 0 Å². The molecule has 0 N–H and O–H groups in total. The van der Waals surface area contributed by atoms with Crippen molar-refractivity contribution in [2.75, 3.05) is 13.0 Å². The summed E-state index contributed by atoms with van der Waals surface area (Å²) in [5.74, 6) is 1.08. The Kier molecular flexibility index (Phi) is 3.83. The predicted octanol–water partition coefficient (Wildman–Crippen LogP) is 7.08. The van der Waals surface area contributed by atoms with Crippen molar-refractivity contribution in [2.24, 2.45) is 0 Å². The molecule has 4 aromatic carbocycles. The second-order valence-electron chi connectivity index (χ2n) is 8.98. The van der Waals surface area contributed by atoms with Gasteiger partial charge in [0.25, 0.3) is 0 Å². The Morgan fingerprint density at radius 3 is 2.00 bits per heavy atom. The fourth-order valence-electron chi connectivity index (χ4n) is 4.45. The van der Waals surface area contributed by atoms with Crippen LogP contribution in [-0.4, -0.2) is 18.2 Å². The molecule has 0 spiro atoms. The Bertz CT molecular complexity index is 1160. The minimum atomic E-state index is -1.48.